The predicted octanol–water partition coefficient (Wildman–Crippen LogP) is 6.07. The summed E-state index contributed by atoms with van der Waals surface area (Å²) in [5, 5.41) is 3.07. The molecule has 0 aliphatic rings. The summed E-state index contributed by atoms with van der Waals surface area (Å²) in [4.78, 5) is 17.4. The Bertz CT molecular complexity index is 1430. The van der Waals surface area contributed by atoms with Gasteiger partial charge >= 0.3 is 0 Å². The van der Waals surface area contributed by atoms with E-state index in [-0.39, 0.29) is 5.91 Å². The molecular weight excluding hydrogens is 458 g/mol. The molecule has 0 aliphatic carbocycles. The van der Waals surface area contributed by atoms with Gasteiger partial charge in [0.25, 0.3) is 0 Å². The molecule has 1 heterocycles. The van der Waals surface area contributed by atoms with Gasteiger partial charge in [0.1, 0.15) is 11.6 Å². The van der Waals surface area contributed by atoms with Crippen LogP contribution in [0.3, 0.4) is 0 Å². The zero-order chi connectivity index (χ0) is 25.3. The molecule has 1 N–H and O–H groups in total. The van der Waals surface area contributed by atoms with Crippen LogP contribution in [0.4, 0.5) is 0 Å². The number of hydrogen-bond donors (Lipinski definition) is 1. The van der Waals surface area contributed by atoms with Crippen LogP contribution in [-0.2, 0) is 24.2 Å². The Hall–Kier alpha value is -4.38. The average molecular weight is 490 g/mol. The maximum absolute atomic E-state index is 12.6. The Morgan fingerprint density at radius 3 is 2.24 bits per heavy atom. The number of hydrogen-bond acceptors (Lipinski definition) is 3. The summed E-state index contributed by atoms with van der Waals surface area (Å²) < 4.78 is 8.12. The monoisotopic (exact) mass is 489 g/mol. The highest BCUT2D eigenvalue weighted by Crippen LogP contribution is 2.20. The van der Waals surface area contributed by atoms with Gasteiger partial charge in [0.2, 0.25) is 5.91 Å². The van der Waals surface area contributed by atoms with Crippen molar-refractivity contribution in [2.45, 2.75) is 25.8 Å². The number of nitrogens with one attached hydrogen (secondary N) is 1. The average Bonchev–Trinajstić information content (AvgIpc) is 3.30. The summed E-state index contributed by atoms with van der Waals surface area (Å²) >= 11 is 0. The minimum atomic E-state index is 0.0198. The first kappa shape index (κ1) is 24.3. The molecule has 186 valence electrons. The molecule has 0 saturated heterocycles. The van der Waals surface area contributed by atoms with Crippen LogP contribution < -0.4 is 10.1 Å². The summed E-state index contributed by atoms with van der Waals surface area (Å²) in [6.07, 6.45) is 1.91. The molecule has 0 saturated carbocycles. The second-order valence-corrected chi connectivity index (χ2v) is 9.02. The van der Waals surface area contributed by atoms with Gasteiger partial charge in [-0.3, -0.25) is 4.79 Å². The molecule has 1 aromatic heterocycles. The highest BCUT2D eigenvalue weighted by atomic mass is 16.5. The standard InChI is InChI=1S/C32H31N3O2/c36-32(24-25-16-18-27(19-17-25)26-10-3-1-4-11-26)33-21-20-31-34-29-14-7-8-15-30(29)35(31)22-9-23-37-28-12-5-2-6-13-28/h1-8,10-19H,9,20-24H2,(H,33,36). The molecule has 0 unspecified atom stereocenters. The zero-order valence-corrected chi connectivity index (χ0v) is 20.8. The van der Waals surface area contributed by atoms with E-state index >= 15 is 0 Å². The molecule has 4 aromatic carbocycles. The van der Waals surface area contributed by atoms with Crippen molar-refractivity contribution >= 4 is 16.9 Å². The molecule has 0 bridgehead atoms. The molecule has 5 nitrogen and oxygen atoms in total. The second kappa shape index (κ2) is 12.0. The van der Waals surface area contributed by atoms with Crippen molar-refractivity contribution in [1.29, 1.82) is 0 Å². The number of fused-ring (bicyclic) bond motifs is 1. The van der Waals surface area contributed by atoms with E-state index in [9.17, 15) is 4.79 Å². The van der Waals surface area contributed by atoms with Gasteiger partial charge in [0, 0.05) is 19.5 Å². The fourth-order valence-corrected chi connectivity index (χ4v) is 4.50. The number of amides is 1. The number of nitrogens with zero attached hydrogens (tertiary/aromatic N) is 2. The lowest BCUT2D eigenvalue weighted by molar-refractivity contribution is -0.120. The Labute approximate surface area is 217 Å². The SMILES string of the molecule is O=C(Cc1ccc(-c2ccccc2)cc1)NCCc1nc2ccccc2n1CCCOc1ccccc1. The van der Waals surface area contributed by atoms with Crippen LogP contribution in [0, 0.1) is 0 Å². The molecule has 0 radical (unpaired) electrons. The number of imidazole rings is 1. The van der Waals surface area contributed by atoms with Crippen molar-refractivity contribution in [3.63, 3.8) is 0 Å². The van der Waals surface area contributed by atoms with Crippen LogP contribution in [0.25, 0.3) is 22.2 Å². The van der Waals surface area contributed by atoms with Crippen molar-refractivity contribution in [3.05, 3.63) is 121 Å². The largest absolute Gasteiger partial charge is 0.494 e. The van der Waals surface area contributed by atoms with Crippen LogP contribution >= 0.6 is 0 Å². The van der Waals surface area contributed by atoms with Crippen LogP contribution in [0.15, 0.2) is 109 Å². The fourth-order valence-electron chi connectivity index (χ4n) is 4.50. The van der Waals surface area contributed by atoms with Gasteiger partial charge in [-0.2, -0.15) is 0 Å². The van der Waals surface area contributed by atoms with Crippen LogP contribution in [0.1, 0.15) is 17.8 Å². The smallest absolute Gasteiger partial charge is 0.224 e. The van der Waals surface area contributed by atoms with Gasteiger partial charge < -0.3 is 14.6 Å². The first-order valence-corrected chi connectivity index (χ1v) is 12.8. The normalized spacial score (nSPS) is 10.9. The maximum atomic E-state index is 12.6. The lowest BCUT2D eigenvalue weighted by Crippen LogP contribution is -2.28. The summed E-state index contributed by atoms with van der Waals surface area (Å²) in [5.74, 6) is 1.88. The van der Waals surface area contributed by atoms with Crippen molar-refractivity contribution in [1.82, 2.24) is 14.9 Å². The lowest BCUT2D eigenvalue weighted by Gasteiger charge is -2.11. The Morgan fingerprint density at radius 2 is 1.46 bits per heavy atom. The van der Waals surface area contributed by atoms with Crippen molar-refractivity contribution in [2.75, 3.05) is 13.2 Å². The minimum absolute atomic E-state index is 0.0198. The molecule has 0 spiro atoms. The van der Waals surface area contributed by atoms with E-state index in [0.717, 1.165) is 46.7 Å². The summed E-state index contributed by atoms with van der Waals surface area (Å²) in [6.45, 7) is 1.99. The maximum Gasteiger partial charge on any atom is 0.224 e. The summed E-state index contributed by atoms with van der Waals surface area (Å²) in [5.41, 5.74) is 5.42. The minimum Gasteiger partial charge on any atom is -0.494 e. The van der Waals surface area contributed by atoms with Gasteiger partial charge in [0.05, 0.1) is 24.1 Å². The van der Waals surface area contributed by atoms with E-state index in [1.807, 2.05) is 78.9 Å². The Kier molecular flexibility index (Phi) is 7.91. The van der Waals surface area contributed by atoms with E-state index in [0.29, 0.717) is 26.0 Å². The number of aromatic nitrogens is 2. The molecule has 1 amide bonds. The Balaban J connectivity index is 1.14. The quantitative estimate of drug-likeness (QED) is 0.229. The third-order valence-corrected chi connectivity index (χ3v) is 6.37. The van der Waals surface area contributed by atoms with Gasteiger partial charge in [-0.15, -0.1) is 0 Å². The highest BCUT2D eigenvalue weighted by molar-refractivity contribution is 5.79. The molecule has 0 fully saturated rings. The second-order valence-electron chi connectivity index (χ2n) is 9.02. The van der Waals surface area contributed by atoms with E-state index in [2.05, 4.69) is 40.2 Å². The number of carbonyl (C=O) groups excluding carboxylic acids is 1. The predicted molar refractivity (Wildman–Crippen MR) is 149 cm³/mol. The van der Waals surface area contributed by atoms with Gasteiger partial charge in [-0.1, -0.05) is 84.9 Å². The first-order chi connectivity index (χ1) is 18.3. The third kappa shape index (κ3) is 6.44. The number of para-hydroxylation sites is 3. The summed E-state index contributed by atoms with van der Waals surface area (Å²) in [6, 6.07) is 36.5. The van der Waals surface area contributed by atoms with Crippen LogP contribution in [-0.4, -0.2) is 28.6 Å². The zero-order valence-electron chi connectivity index (χ0n) is 20.8. The fraction of sp³-hybridized carbons (Fsp3) is 0.188. The van der Waals surface area contributed by atoms with Crippen LogP contribution in [0.5, 0.6) is 5.75 Å². The van der Waals surface area contributed by atoms with Crippen molar-refractivity contribution in [2.24, 2.45) is 0 Å². The van der Waals surface area contributed by atoms with Crippen LogP contribution in [0.2, 0.25) is 0 Å². The number of benzene rings is 4. The number of carbonyl (C=O) groups is 1. The first-order valence-electron chi connectivity index (χ1n) is 12.8. The van der Waals surface area contributed by atoms with Crippen molar-refractivity contribution < 1.29 is 9.53 Å². The van der Waals surface area contributed by atoms with E-state index in [1.165, 1.54) is 5.56 Å². The molecule has 5 rings (SSSR count). The third-order valence-electron chi connectivity index (χ3n) is 6.37. The van der Waals surface area contributed by atoms with E-state index < -0.39 is 0 Å². The Morgan fingerprint density at radius 1 is 0.784 bits per heavy atom. The molecule has 0 aliphatic heterocycles. The molecule has 37 heavy (non-hydrogen) atoms. The number of ether oxygens (including phenoxy) is 1. The molecular formula is C32H31N3O2. The van der Waals surface area contributed by atoms with E-state index in [1.54, 1.807) is 0 Å². The molecule has 5 heteroatoms. The topological polar surface area (TPSA) is 56.2 Å². The lowest BCUT2D eigenvalue weighted by atomic mass is 10.0. The molecule has 0 atom stereocenters. The van der Waals surface area contributed by atoms with Gasteiger partial charge in [-0.25, -0.2) is 4.98 Å². The highest BCUT2D eigenvalue weighted by Gasteiger charge is 2.11. The van der Waals surface area contributed by atoms with E-state index in [4.69, 9.17) is 9.72 Å². The number of rotatable bonds is 11. The number of aryl methyl sites for hydroxylation is 1. The molecule has 5 aromatic rings. The summed E-state index contributed by atoms with van der Waals surface area (Å²) in [7, 11) is 0. The van der Waals surface area contributed by atoms with Crippen molar-refractivity contribution in [3.8, 4) is 16.9 Å². The van der Waals surface area contributed by atoms with Gasteiger partial charge in [-0.05, 0) is 47.4 Å². The van der Waals surface area contributed by atoms with Gasteiger partial charge in [0.15, 0.2) is 0 Å².